The van der Waals surface area contributed by atoms with Crippen LogP contribution in [0.1, 0.15) is 10.5 Å². The highest BCUT2D eigenvalue weighted by Gasteiger charge is 2.22. The minimum atomic E-state index is -0.686. The Labute approximate surface area is 94.3 Å². The van der Waals surface area contributed by atoms with E-state index in [1.165, 1.54) is 28.3 Å². The minimum Gasteiger partial charge on any atom is -0.384 e. The monoisotopic (exact) mass is 239 g/mol. The molecule has 0 saturated heterocycles. The summed E-state index contributed by atoms with van der Waals surface area (Å²) in [5.74, 6) is -1.03. The number of primary amides is 1. The second-order valence-corrected chi connectivity index (χ2v) is 3.99. The average Bonchev–Trinajstić information content (AvgIpc) is 2.61. The quantitative estimate of drug-likeness (QED) is 0.736. The largest absolute Gasteiger partial charge is 0.384 e. The van der Waals surface area contributed by atoms with Crippen LogP contribution in [0.5, 0.6) is 0 Å². The lowest BCUT2D eigenvalue weighted by Gasteiger charge is -1.86. The van der Waals surface area contributed by atoms with Crippen molar-refractivity contribution in [2.24, 2.45) is 5.73 Å². The normalized spacial score (nSPS) is 10.3. The van der Waals surface area contributed by atoms with Crippen LogP contribution >= 0.6 is 11.5 Å². The third-order valence-electron chi connectivity index (χ3n) is 1.89. The van der Waals surface area contributed by atoms with E-state index in [1.54, 1.807) is 0 Å². The van der Waals surface area contributed by atoms with Gasteiger partial charge in [0.1, 0.15) is 5.82 Å². The Hall–Kier alpha value is -2.02. The highest BCUT2D eigenvalue weighted by molar-refractivity contribution is 7.06. The van der Waals surface area contributed by atoms with Crippen molar-refractivity contribution in [2.45, 2.75) is 0 Å². The molecule has 0 atom stereocenters. The van der Waals surface area contributed by atoms with Gasteiger partial charge in [-0.2, -0.15) is 0 Å². The molecule has 1 amide bonds. The molecule has 16 heavy (non-hydrogen) atoms. The van der Waals surface area contributed by atoms with Crippen molar-refractivity contribution in [3.8, 4) is 5.69 Å². The number of nitrogens with zero attached hydrogens (tertiary/aromatic N) is 2. The molecule has 0 saturated carbocycles. The maximum absolute atomic E-state index is 12.7. The lowest BCUT2D eigenvalue weighted by atomic mass is 10.3. The van der Waals surface area contributed by atoms with Crippen LogP contribution in [0.2, 0.25) is 0 Å². The van der Waals surface area contributed by atoms with Gasteiger partial charge in [-0.1, -0.05) is 0 Å². The SMILES string of the molecule is NC(=O)c1n[n+](-c2ccc(F)cc2)sc1N. The number of amides is 1. The molecule has 0 unspecified atom stereocenters. The second-order valence-electron chi connectivity index (χ2n) is 3.02. The summed E-state index contributed by atoms with van der Waals surface area (Å²) in [6, 6.07) is 5.65. The molecular weight excluding hydrogens is 231 g/mol. The fraction of sp³-hybridized carbons (Fsp3) is 0. The summed E-state index contributed by atoms with van der Waals surface area (Å²) in [6.45, 7) is 0. The number of rotatable bonds is 2. The summed E-state index contributed by atoms with van der Waals surface area (Å²) >= 11 is 1.06. The number of carbonyl (C=O) groups is 1. The molecule has 82 valence electrons. The van der Waals surface area contributed by atoms with Crippen molar-refractivity contribution in [1.29, 1.82) is 0 Å². The van der Waals surface area contributed by atoms with Gasteiger partial charge in [0.05, 0.1) is 0 Å². The molecule has 0 aliphatic carbocycles. The third kappa shape index (κ3) is 1.84. The lowest BCUT2D eigenvalue weighted by Crippen LogP contribution is -2.30. The van der Waals surface area contributed by atoms with Crippen molar-refractivity contribution in [1.82, 2.24) is 5.10 Å². The molecule has 0 spiro atoms. The van der Waals surface area contributed by atoms with E-state index in [2.05, 4.69) is 5.10 Å². The topological polar surface area (TPSA) is 85.9 Å². The molecule has 2 rings (SSSR count). The minimum absolute atomic E-state index is 0.0225. The first-order chi connectivity index (χ1) is 7.58. The molecule has 1 heterocycles. The summed E-state index contributed by atoms with van der Waals surface area (Å²) in [5, 5.41) is 4.16. The van der Waals surface area contributed by atoms with E-state index in [9.17, 15) is 9.18 Å². The van der Waals surface area contributed by atoms with Gasteiger partial charge >= 0.3 is 0 Å². The van der Waals surface area contributed by atoms with E-state index in [4.69, 9.17) is 11.5 Å². The number of carbonyl (C=O) groups excluding carboxylic acids is 1. The molecule has 0 aliphatic heterocycles. The Morgan fingerprint density at radius 1 is 1.38 bits per heavy atom. The predicted octanol–water partition coefficient (Wildman–Crippen LogP) is 0.240. The van der Waals surface area contributed by atoms with Crippen molar-refractivity contribution in [3.63, 3.8) is 0 Å². The number of anilines is 1. The summed E-state index contributed by atoms with van der Waals surface area (Å²) in [7, 11) is 0. The Morgan fingerprint density at radius 3 is 2.50 bits per heavy atom. The second kappa shape index (κ2) is 3.86. The zero-order chi connectivity index (χ0) is 11.7. The lowest BCUT2D eigenvalue weighted by molar-refractivity contribution is -0.588. The highest BCUT2D eigenvalue weighted by atomic mass is 32.1. The molecule has 0 fully saturated rings. The molecule has 1 aromatic carbocycles. The average molecular weight is 239 g/mol. The fourth-order valence-corrected chi connectivity index (χ4v) is 1.91. The molecule has 2 aromatic rings. The van der Waals surface area contributed by atoms with E-state index < -0.39 is 5.91 Å². The van der Waals surface area contributed by atoms with Gasteiger partial charge in [0, 0.05) is 21.3 Å². The number of hydrogen-bond donors (Lipinski definition) is 2. The number of hydrogen-bond acceptors (Lipinski definition) is 4. The zero-order valence-electron chi connectivity index (χ0n) is 8.05. The van der Waals surface area contributed by atoms with Crippen molar-refractivity contribution >= 4 is 22.4 Å². The summed E-state index contributed by atoms with van der Waals surface area (Å²) < 4.78 is 14.1. The number of benzene rings is 1. The summed E-state index contributed by atoms with van der Waals surface area (Å²) in [6.07, 6.45) is 0. The van der Waals surface area contributed by atoms with Crippen LogP contribution in [-0.2, 0) is 0 Å². The number of nitrogens with two attached hydrogens (primary N) is 2. The molecule has 5 nitrogen and oxygen atoms in total. The van der Waals surface area contributed by atoms with E-state index in [-0.39, 0.29) is 16.5 Å². The van der Waals surface area contributed by atoms with Gasteiger partial charge in [-0.05, 0) is 12.1 Å². The number of aromatic nitrogens is 2. The van der Waals surface area contributed by atoms with Gasteiger partial charge in [-0.15, -0.1) is 0 Å². The Morgan fingerprint density at radius 2 is 2.00 bits per heavy atom. The first-order valence-electron chi connectivity index (χ1n) is 4.33. The Bertz CT molecular complexity index is 537. The first-order valence-corrected chi connectivity index (χ1v) is 5.10. The zero-order valence-corrected chi connectivity index (χ0v) is 8.87. The van der Waals surface area contributed by atoms with Gasteiger partial charge in [0.2, 0.25) is 5.69 Å². The van der Waals surface area contributed by atoms with Crippen molar-refractivity contribution in [2.75, 3.05) is 5.73 Å². The predicted molar refractivity (Wildman–Crippen MR) is 56.5 cm³/mol. The van der Waals surface area contributed by atoms with E-state index in [1.807, 2.05) is 0 Å². The molecule has 0 aliphatic rings. The van der Waals surface area contributed by atoms with E-state index in [0.29, 0.717) is 5.69 Å². The van der Waals surface area contributed by atoms with Crippen molar-refractivity contribution in [3.05, 3.63) is 35.8 Å². The smallest absolute Gasteiger partial charge is 0.276 e. The molecule has 0 radical (unpaired) electrons. The fourth-order valence-electron chi connectivity index (χ4n) is 1.15. The van der Waals surface area contributed by atoms with Gasteiger partial charge in [-0.25, -0.2) is 4.39 Å². The summed E-state index contributed by atoms with van der Waals surface area (Å²) in [4.78, 5) is 10.9. The maximum atomic E-state index is 12.7. The van der Waals surface area contributed by atoms with Crippen LogP contribution in [0.25, 0.3) is 5.69 Å². The Kier molecular flexibility index (Phi) is 2.53. The van der Waals surface area contributed by atoms with Crippen LogP contribution in [0, 0.1) is 5.82 Å². The van der Waals surface area contributed by atoms with Crippen LogP contribution in [0.4, 0.5) is 9.39 Å². The first kappa shape index (κ1) is 10.5. The van der Waals surface area contributed by atoms with Crippen LogP contribution in [0.15, 0.2) is 24.3 Å². The van der Waals surface area contributed by atoms with Crippen molar-refractivity contribution < 1.29 is 13.3 Å². The molecular formula is C9H8FN4OS+. The number of halogens is 1. The van der Waals surface area contributed by atoms with Gasteiger partial charge in [-0.3, -0.25) is 4.79 Å². The van der Waals surface area contributed by atoms with Crippen LogP contribution < -0.4 is 15.5 Å². The van der Waals surface area contributed by atoms with E-state index in [0.717, 1.165) is 11.5 Å². The Balaban J connectivity index is 2.45. The van der Waals surface area contributed by atoms with Crippen LogP contribution in [0.3, 0.4) is 0 Å². The summed E-state index contributed by atoms with van der Waals surface area (Å²) in [5.41, 5.74) is 11.3. The van der Waals surface area contributed by atoms with Crippen LogP contribution in [-0.4, -0.2) is 11.0 Å². The van der Waals surface area contributed by atoms with Gasteiger partial charge < -0.3 is 11.5 Å². The van der Waals surface area contributed by atoms with Gasteiger partial charge in [0.15, 0.2) is 16.5 Å². The van der Waals surface area contributed by atoms with E-state index >= 15 is 0 Å². The van der Waals surface area contributed by atoms with Gasteiger partial charge in [0.25, 0.3) is 11.6 Å². The molecule has 4 N–H and O–H groups in total. The highest BCUT2D eigenvalue weighted by Crippen LogP contribution is 2.13. The standard InChI is InChI=1S/C9H7FN4OS/c10-5-1-3-6(4-2-5)14-13-7(8(11)15)9(12)16-14/h1-4,12H,(H2,11,15)/p+1. The number of nitrogen functional groups attached to an aromatic ring is 1. The maximum Gasteiger partial charge on any atom is 0.276 e. The molecule has 1 aromatic heterocycles. The molecule has 7 heteroatoms. The third-order valence-corrected chi connectivity index (χ3v) is 2.75. The molecule has 0 bridgehead atoms.